The van der Waals surface area contributed by atoms with Gasteiger partial charge in [0, 0.05) is 18.8 Å². The molecule has 0 atom stereocenters. The summed E-state index contributed by atoms with van der Waals surface area (Å²) in [5.74, 6) is 0.898. The maximum absolute atomic E-state index is 12.4. The molecule has 0 heterocycles. The van der Waals surface area contributed by atoms with Crippen molar-refractivity contribution in [3.05, 3.63) is 48.5 Å². The third kappa shape index (κ3) is 5.45. The van der Waals surface area contributed by atoms with E-state index in [9.17, 15) is 13.2 Å². The van der Waals surface area contributed by atoms with E-state index in [2.05, 4.69) is 5.32 Å². The number of rotatable bonds is 8. The Morgan fingerprint density at radius 1 is 1.04 bits per heavy atom. The van der Waals surface area contributed by atoms with Gasteiger partial charge in [-0.2, -0.15) is 4.31 Å². The van der Waals surface area contributed by atoms with Crippen molar-refractivity contribution in [2.24, 2.45) is 0 Å². The maximum atomic E-state index is 12.4. The fraction of sp³-hybridized carbons (Fsp3) is 0.316. The first-order valence-electron chi connectivity index (χ1n) is 8.39. The van der Waals surface area contributed by atoms with Gasteiger partial charge in [-0.1, -0.05) is 0 Å². The summed E-state index contributed by atoms with van der Waals surface area (Å²) in [5.41, 5.74) is 0.490. The molecule has 0 fully saturated rings. The summed E-state index contributed by atoms with van der Waals surface area (Å²) in [7, 11) is -0.446. The van der Waals surface area contributed by atoms with Crippen LogP contribution in [0.2, 0.25) is 0 Å². The lowest BCUT2D eigenvalue weighted by atomic mass is 10.3. The Bertz CT molecular complexity index is 862. The molecule has 0 spiro atoms. The zero-order chi connectivity index (χ0) is 20.0. The minimum atomic E-state index is -3.55. The van der Waals surface area contributed by atoms with Gasteiger partial charge in [-0.3, -0.25) is 4.79 Å². The highest BCUT2D eigenvalue weighted by Crippen LogP contribution is 2.19. The topological polar surface area (TPSA) is 84.9 Å². The van der Waals surface area contributed by atoms with E-state index in [0.29, 0.717) is 17.2 Å². The predicted octanol–water partition coefficient (Wildman–Crippen LogP) is 2.74. The molecule has 1 N–H and O–H groups in total. The zero-order valence-corrected chi connectivity index (χ0v) is 16.6. The van der Waals surface area contributed by atoms with Crippen LogP contribution < -0.4 is 14.8 Å². The number of anilines is 1. The van der Waals surface area contributed by atoms with Crippen LogP contribution in [0.3, 0.4) is 0 Å². The molecule has 27 heavy (non-hydrogen) atoms. The third-order valence-electron chi connectivity index (χ3n) is 3.97. The lowest BCUT2D eigenvalue weighted by molar-refractivity contribution is -0.118. The molecule has 1 amide bonds. The van der Waals surface area contributed by atoms with Gasteiger partial charge in [-0.25, -0.2) is 8.42 Å². The molecule has 2 aromatic carbocycles. The van der Waals surface area contributed by atoms with Crippen molar-refractivity contribution < 1.29 is 22.7 Å². The van der Waals surface area contributed by atoms with Gasteiger partial charge in [0.2, 0.25) is 10.0 Å². The standard InChI is InChI=1S/C19H24N2O5S/c1-14(2)21(3)27(23,24)18-11-5-15(6-12-18)20-19(22)13-26-17-9-7-16(25-4)8-10-17/h5-12,14H,13H2,1-4H3,(H,20,22). The second-order valence-electron chi connectivity index (χ2n) is 6.15. The van der Waals surface area contributed by atoms with E-state index in [4.69, 9.17) is 9.47 Å². The van der Waals surface area contributed by atoms with Crippen LogP contribution in [0.15, 0.2) is 53.4 Å². The van der Waals surface area contributed by atoms with E-state index in [1.165, 1.54) is 23.5 Å². The molecule has 0 radical (unpaired) electrons. The number of nitrogens with zero attached hydrogens (tertiary/aromatic N) is 1. The van der Waals surface area contributed by atoms with Crippen LogP contribution in [0, 0.1) is 0 Å². The summed E-state index contributed by atoms with van der Waals surface area (Å²) in [6, 6.07) is 12.8. The van der Waals surface area contributed by atoms with Crippen molar-refractivity contribution in [1.82, 2.24) is 4.31 Å². The van der Waals surface area contributed by atoms with Crippen molar-refractivity contribution in [1.29, 1.82) is 0 Å². The Hall–Kier alpha value is -2.58. The predicted molar refractivity (Wildman–Crippen MR) is 104 cm³/mol. The van der Waals surface area contributed by atoms with Crippen molar-refractivity contribution in [3.8, 4) is 11.5 Å². The molecule has 2 aromatic rings. The highest BCUT2D eigenvalue weighted by Gasteiger charge is 2.22. The van der Waals surface area contributed by atoms with Crippen molar-refractivity contribution >= 4 is 21.6 Å². The number of ether oxygens (including phenoxy) is 2. The number of sulfonamides is 1. The smallest absolute Gasteiger partial charge is 0.262 e. The van der Waals surface area contributed by atoms with Gasteiger partial charge in [0.25, 0.3) is 5.91 Å². The van der Waals surface area contributed by atoms with Crippen LogP contribution in [0.25, 0.3) is 0 Å². The van der Waals surface area contributed by atoms with Gasteiger partial charge in [0.1, 0.15) is 11.5 Å². The normalized spacial score (nSPS) is 11.5. The van der Waals surface area contributed by atoms with Crippen LogP contribution >= 0.6 is 0 Å². The SMILES string of the molecule is COc1ccc(OCC(=O)Nc2ccc(S(=O)(=O)N(C)C(C)C)cc2)cc1. The Labute approximate surface area is 160 Å². The number of hydrogen-bond donors (Lipinski definition) is 1. The lowest BCUT2D eigenvalue weighted by Crippen LogP contribution is -2.33. The first-order chi connectivity index (χ1) is 12.7. The van der Waals surface area contributed by atoms with E-state index < -0.39 is 10.0 Å². The average molecular weight is 392 g/mol. The highest BCUT2D eigenvalue weighted by atomic mass is 32.2. The molecule has 0 aliphatic heterocycles. The van der Waals surface area contributed by atoms with Crippen molar-refractivity contribution in [2.75, 3.05) is 26.1 Å². The second kappa shape index (κ2) is 8.88. The molecule has 0 saturated heterocycles. The average Bonchev–Trinajstić information content (AvgIpc) is 2.66. The number of methoxy groups -OCH3 is 1. The number of benzene rings is 2. The van der Waals surface area contributed by atoms with E-state index in [-0.39, 0.29) is 23.5 Å². The van der Waals surface area contributed by atoms with Gasteiger partial charge < -0.3 is 14.8 Å². The first-order valence-corrected chi connectivity index (χ1v) is 9.83. The van der Waals surface area contributed by atoms with E-state index >= 15 is 0 Å². The summed E-state index contributed by atoms with van der Waals surface area (Å²) in [6.07, 6.45) is 0. The molecule has 0 unspecified atom stereocenters. The number of carbonyl (C=O) groups excluding carboxylic acids is 1. The van der Waals surface area contributed by atoms with Crippen molar-refractivity contribution in [3.63, 3.8) is 0 Å². The van der Waals surface area contributed by atoms with Gasteiger partial charge in [0.15, 0.2) is 6.61 Å². The fourth-order valence-electron chi connectivity index (χ4n) is 2.17. The van der Waals surface area contributed by atoms with Crippen LogP contribution in [0.4, 0.5) is 5.69 Å². The van der Waals surface area contributed by atoms with Crippen LogP contribution in [-0.2, 0) is 14.8 Å². The van der Waals surface area contributed by atoms with Gasteiger partial charge in [-0.05, 0) is 62.4 Å². The van der Waals surface area contributed by atoms with Gasteiger partial charge in [-0.15, -0.1) is 0 Å². The molecular weight excluding hydrogens is 368 g/mol. The fourth-order valence-corrected chi connectivity index (χ4v) is 3.54. The number of hydrogen-bond acceptors (Lipinski definition) is 5. The minimum Gasteiger partial charge on any atom is -0.497 e. The summed E-state index contributed by atoms with van der Waals surface area (Å²) in [6.45, 7) is 3.44. The van der Waals surface area contributed by atoms with Crippen LogP contribution in [-0.4, -0.2) is 45.4 Å². The molecule has 146 valence electrons. The summed E-state index contributed by atoms with van der Waals surface area (Å²) < 4.78 is 36.6. The Morgan fingerprint density at radius 3 is 2.11 bits per heavy atom. The third-order valence-corrected chi connectivity index (χ3v) is 6.02. The van der Waals surface area contributed by atoms with E-state index in [1.807, 2.05) is 0 Å². The molecule has 0 bridgehead atoms. The molecule has 8 heteroatoms. The largest absolute Gasteiger partial charge is 0.497 e. The molecular formula is C19H24N2O5S. The molecule has 0 aliphatic carbocycles. The Kier molecular flexibility index (Phi) is 6.81. The molecule has 0 saturated carbocycles. The van der Waals surface area contributed by atoms with Gasteiger partial charge >= 0.3 is 0 Å². The van der Waals surface area contributed by atoms with Crippen LogP contribution in [0.1, 0.15) is 13.8 Å². The van der Waals surface area contributed by atoms with Crippen molar-refractivity contribution in [2.45, 2.75) is 24.8 Å². The lowest BCUT2D eigenvalue weighted by Gasteiger charge is -2.21. The Morgan fingerprint density at radius 2 is 1.59 bits per heavy atom. The summed E-state index contributed by atoms with van der Waals surface area (Å²) in [5, 5.41) is 2.67. The number of nitrogens with one attached hydrogen (secondary N) is 1. The number of amides is 1. The van der Waals surface area contributed by atoms with Crippen LogP contribution in [0.5, 0.6) is 11.5 Å². The zero-order valence-electron chi connectivity index (χ0n) is 15.8. The molecule has 2 rings (SSSR count). The molecule has 7 nitrogen and oxygen atoms in total. The highest BCUT2D eigenvalue weighted by molar-refractivity contribution is 7.89. The first kappa shape index (κ1) is 20.7. The number of carbonyl (C=O) groups is 1. The van der Waals surface area contributed by atoms with E-state index in [1.54, 1.807) is 57.4 Å². The summed E-state index contributed by atoms with van der Waals surface area (Å²) in [4.78, 5) is 12.2. The monoisotopic (exact) mass is 392 g/mol. The Balaban J connectivity index is 1.94. The maximum Gasteiger partial charge on any atom is 0.262 e. The molecule has 0 aromatic heterocycles. The second-order valence-corrected chi connectivity index (χ2v) is 8.15. The van der Waals surface area contributed by atoms with E-state index in [0.717, 1.165) is 0 Å². The van der Waals surface area contributed by atoms with Gasteiger partial charge in [0.05, 0.1) is 12.0 Å². The minimum absolute atomic E-state index is 0.149. The molecule has 0 aliphatic rings. The summed E-state index contributed by atoms with van der Waals surface area (Å²) >= 11 is 0. The quantitative estimate of drug-likeness (QED) is 0.747.